The standard InChI is InChI=1S/C11H23NOS/c1-4-9(2)10(3)12-7-11(13)5-6-14-8-11/h9-10,12-13H,4-8H2,1-3H3. The molecule has 1 aliphatic rings. The molecule has 2 nitrogen and oxygen atoms in total. The van der Waals surface area contributed by atoms with Crippen molar-refractivity contribution in [1.82, 2.24) is 5.32 Å². The van der Waals surface area contributed by atoms with Crippen LogP contribution in [-0.4, -0.2) is 34.8 Å². The predicted octanol–water partition coefficient (Wildman–Crippen LogP) is 1.88. The minimum absolute atomic E-state index is 0.438. The summed E-state index contributed by atoms with van der Waals surface area (Å²) in [5.74, 6) is 2.69. The van der Waals surface area contributed by atoms with Crippen molar-refractivity contribution in [2.75, 3.05) is 18.1 Å². The zero-order valence-corrected chi connectivity index (χ0v) is 10.4. The molecule has 1 heterocycles. The molecule has 84 valence electrons. The highest BCUT2D eigenvalue weighted by Gasteiger charge is 2.31. The molecule has 0 saturated carbocycles. The van der Waals surface area contributed by atoms with Gasteiger partial charge in [0.2, 0.25) is 0 Å². The fourth-order valence-electron chi connectivity index (χ4n) is 1.64. The summed E-state index contributed by atoms with van der Waals surface area (Å²) >= 11 is 1.86. The maximum atomic E-state index is 10.1. The van der Waals surface area contributed by atoms with Crippen LogP contribution in [0.1, 0.15) is 33.6 Å². The minimum Gasteiger partial charge on any atom is -0.388 e. The van der Waals surface area contributed by atoms with Crippen LogP contribution in [0, 0.1) is 5.92 Å². The quantitative estimate of drug-likeness (QED) is 0.737. The number of rotatable bonds is 5. The lowest BCUT2D eigenvalue weighted by molar-refractivity contribution is 0.0630. The van der Waals surface area contributed by atoms with Crippen molar-refractivity contribution < 1.29 is 5.11 Å². The molecule has 0 aliphatic carbocycles. The minimum atomic E-state index is -0.438. The third kappa shape index (κ3) is 3.44. The Bertz CT molecular complexity index is 169. The van der Waals surface area contributed by atoms with Crippen molar-refractivity contribution in [3.05, 3.63) is 0 Å². The first-order valence-corrected chi connectivity index (χ1v) is 6.76. The maximum Gasteiger partial charge on any atom is 0.0869 e. The smallest absolute Gasteiger partial charge is 0.0869 e. The third-order valence-electron chi connectivity index (χ3n) is 3.33. The van der Waals surface area contributed by atoms with Gasteiger partial charge < -0.3 is 10.4 Å². The third-order valence-corrected chi connectivity index (χ3v) is 4.57. The second-order valence-electron chi connectivity index (χ2n) is 4.58. The van der Waals surface area contributed by atoms with Gasteiger partial charge in [0.05, 0.1) is 5.60 Å². The van der Waals surface area contributed by atoms with Crippen LogP contribution in [0.5, 0.6) is 0 Å². The van der Waals surface area contributed by atoms with Crippen LogP contribution in [0.15, 0.2) is 0 Å². The molecule has 0 radical (unpaired) electrons. The van der Waals surface area contributed by atoms with Crippen molar-refractivity contribution >= 4 is 11.8 Å². The van der Waals surface area contributed by atoms with E-state index in [2.05, 4.69) is 26.1 Å². The average molecular weight is 217 g/mol. The Morgan fingerprint density at radius 1 is 1.50 bits per heavy atom. The van der Waals surface area contributed by atoms with Crippen LogP contribution in [0.4, 0.5) is 0 Å². The summed E-state index contributed by atoms with van der Waals surface area (Å²) < 4.78 is 0. The molecule has 0 bridgehead atoms. The Balaban J connectivity index is 2.25. The second kappa shape index (κ2) is 5.38. The molecule has 0 spiro atoms. The SMILES string of the molecule is CCC(C)C(C)NCC1(O)CCSC1. The molecule has 0 aromatic heterocycles. The van der Waals surface area contributed by atoms with E-state index in [9.17, 15) is 5.11 Å². The van der Waals surface area contributed by atoms with Gasteiger partial charge in [-0.25, -0.2) is 0 Å². The van der Waals surface area contributed by atoms with E-state index in [0.29, 0.717) is 12.0 Å². The number of hydrogen-bond donors (Lipinski definition) is 2. The van der Waals surface area contributed by atoms with Crippen LogP contribution >= 0.6 is 11.8 Å². The highest BCUT2D eigenvalue weighted by molar-refractivity contribution is 7.99. The van der Waals surface area contributed by atoms with Gasteiger partial charge in [-0.3, -0.25) is 0 Å². The Hall–Kier alpha value is 0.270. The van der Waals surface area contributed by atoms with Crippen LogP contribution in [-0.2, 0) is 0 Å². The first kappa shape index (κ1) is 12.3. The Morgan fingerprint density at radius 3 is 2.71 bits per heavy atom. The highest BCUT2D eigenvalue weighted by atomic mass is 32.2. The van der Waals surface area contributed by atoms with Crippen LogP contribution < -0.4 is 5.32 Å². The van der Waals surface area contributed by atoms with Crippen LogP contribution in [0.3, 0.4) is 0 Å². The van der Waals surface area contributed by atoms with Crippen molar-refractivity contribution in [2.24, 2.45) is 5.92 Å². The lowest BCUT2D eigenvalue weighted by atomic mass is 9.98. The van der Waals surface area contributed by atoms with Crippen molar-refractivity contribution in [3.63, 3.8) is 0 Å². The van der Waals surface area contributed by atoms with Gasteiger partial charge in [0, 0.05) is 18.3 Å². The van der Waals surface area contributed by atoms with Crippen molar-refractivity contribution in [2.45, 2.75) is 45.3 Å². The molecule has 3 heteroatoms. The fraction of sp³-hybridized carbons (Fsp3) is 1.00. The molecule has 2 N–H and O–H groups in total. The van der Waals surface area contributed by atoms with E-state index in [1.807, 2.05) is 11.8 Å². The number of aliphatic hydroxyl groups is 1. The summed E-state index contributed by atoms with van der Waals surface area (Å²) in [6.45, 7) is 7.43. The predicted molar refractivity (Wildman–Crippen MR) is 63.8 cm³/mol. The topological polar surface area (TPSA) is 32.3 Å². The summed E-state index contributed by atoms with van der Waals surface area (Å²) in [7, 11) is 0. The second-order valence-corrected chi connectivity index (χ2v) is 5.69. The van der Waals surface area contributed by atoms with Crippen molar-refractivity contribution in [1.29, 1.82) is 0 Å². The van der Waals surface area contributed by atoms with Crippen molar-refractivity contribution in [3.8, 4) is 0 Å². The molecule has 1 saturated heterocycles. The van der Waals surface area contributed by atoms with E-state index < -0.39 is 5.60 Å². The molecule has 14 heavy (non-hydrogen) atoms. The molecule has 0 aromatic carbocycles. The van der Waals surface area contributed by atoms with E-state index in [-0.39, 0.29) is 0 Å². The normalized spacial score (nSPS) is 31.7. The van der Waals surface area contributed by atoms with E-state index in [1.165, 1.54) is 6.42 Å². The Morgan fingerprint density at radius 2 is 2.21 bits per heavy atom. The van der Waals surface area contributed by atoms with Gasteiger partial charge in [-0.15, -0.1) is 0 Å². The van der Waals surface area contributed by atoms with Crippen LogP contribution in [0.2, 0.25) is 0 Å². The Labute approximate surface area is 91.9 Å². The summed E-state index contributed by atoms with van der Waals surface area (Å²) in [5.41, 5.74) is -0.438. The summed E-state index contributed by atoms with van der Waals surface area (Å²) in [5, 5.41) is 13.6. The zero-order valence-electron chi connectivity index (χ0n) is 9.55. The highest BCUT2D eigenvalue weighted by Crippen LogP contribution is 2.27. The van der Waals surface area contributed by atoms with E-state index in [1.54, 1.807) is 0 Å². The van der Waals surface area contributed by atoms with Gasteiger partial charge in [-0.2, -0.15) is 11.8 Å². The van der Waals surface area contributed by atoms with Gasteiger partial charge in [0.15, 0.2) is 0 Å². The van der Waals surface area contributed by atoms with Gasteiger partial charge >= 0.3 is 0 Å². The first-order valence-electron chi connectivity index (χ1n) is 5.61. The molecule has 0 amide bonds. The van der Waals surface area contributed by atoms with E-state index in [4.69, 9.17) is 0 Å². The number of thioether (sulfide) groups is 1. The number of nitrogens with one attached hydrogen (secondary N) is 1. The summed E-state index contributed by atoms with van der Waals surface area (Å²) in [4.78, 5) is 0. The molecule has 3 atom stereocenters. The zero-order chi connectivity index (χ0) is 10.6. The van der Waals surface area contributed by atoms with Crippen LogP contribution in [0.25, 0.3) is 0 Å². The maximum absolute atomic E-state index is 10.1. The number of hydrogen-bond acceptors (Lipinski definition) is 3. The van der Waals surface area contributed by atoms with Gasteiger partial charge in [0.25, 0.3) is 0 Å². The molecule has 0 aromatic rings. The summed E-state index contributed by atoms with van der Waals surface area (Å²) in [6.07, 6.45) is 2.14. The van der Waals surface area contributed by atoms with E-state index >= 15 is 0 Å². The average Bonchev–Trinajstić information content (AvgIpc) is 2.61. The van der Waals surface area contributed by atoms with E-state index in [0.717, 1.165) is 24.5 Å². The monoisotopic (exact) mass is 217 g/mol. The lowest BCUT2D eigenvalue weighted by Crippen LogP contribution is -2.45. The molecular weight excluding hydrogens is 194 g/mol. The largest absolute Gasteiger partial charge is 0.388 e. The van der Waals surface area contributed by atoms with Gasteiger partial charge in [0.1, 0.15) is 0 Å². The molecule has 1 rings (SSSR count). The first-order chi connectivity index (χ1) is 6.57. The molecule has 1 fully saturated rings. The lowest BCUT2D eigenvalue weighted by Gasteiger charge is -2.27. The molecule has 1 aliphatic heterocycles. The summed E-state index contributed by atoms with van der Waals surface area (Å²) in [6, 6.07) is 0.509. The Kier molecular flexibility index (Phi) is 4.74. The molecule has 3 unspecified atom stereocenters. The fourth-order valence-corrected chi connectivity index (χ4v) is 2.94. The van der Waals surface area contributed by atoms with Gasteiger partial charge in [-0.05, 0) is 25.0 Å². The molecular formula is C11H23NOS. The van der Waals surface area contributed by atoms with Gasteiger partial charge in [-0.1, -0.05) is 20.3 Å².